The van der Waals surface area contributed by atoms with Crippen LogP contribution in [0.2, 0.25) is 15.1 Å². The summed E-state index contributed by atoms with van der Waals surface area (Å²) < 4.78 is 9.93. The van der Waals surface area contributed by atoms with Crippen LogP contribution in [0.1, 0.15) is 6.92 Å². The van der Waals surface area contributed by atoms with Crippen LogP contribution >= 0.6 is 34.8 Å². The smallest absolute Gasteiger partial charge is 0.331 e. The lowest BCUT2D eigenvalue weighted by Gasteiger charge is -2.17. The summed E-state index contributed by atoms with van der Waals surface area (Å²) in [7, 11) is 1.21. The van der Waals surface area contributed by atoms with E-state index in [0.717, 1.165) is 0 Å². The zero-order valence-corrected chi connectivity index (χ0v) is 13.0. The summed E-state index contributed by atoms with van der Waals surface area (Å²) in [5, 5.41) is 3.20. The zero-order chi connectivity index (χ0) is 15.3. The number of ether oxygens (including phenoxy) is 2. The molecule has 0 aliphatic heterocycles. The first-order valence-corrected chi connectivity index (χ1v) is 6.60. The quantitative estimate of drug-likeness (QED) is 0.661. The Bertz CT molecular complexity index is 522. The highest BCUT2D eigenvalue weighted by Gasteiger charge is 2.21. The third-order valence-corrected chi connectivity index (χ3v) is 3.26. The molecule has 5 nitrogen and oxygen atoms in total. The number of nitrogens with one attached hydrogen (secondary N) is 1. The molecule has 0 fully saturated rings. The molecule has 1 rings (SSSR count). The molecule has 0 bridgehead atoms. The minimum Gasteiger partial charge on any atom is -0.489 e. The summed E-state index contributed by atoms with van der Waals surface area (Å²) >= 11 is 17.6. The third-order valence-electron chi connectivity index (χ3n) is 2.24. The van der Waals surface area contributed by atoms with Gasteiger partial charge in [-0.05, 0) is 6.07 Å². The molecule has 0 spiro atoms. The van der Waals surface area contributed by atoms with Crippen molar-refractivity contribution in [3.63, 3.8) is 0 Å². The van der Waals surface area contributed by atoms with E-state index in [0.29, 0.717) is 0 Å². The number of halogens is 3. The lowest BCUT2D eigenvalue weighted by Crippen LogP contribution is -2.44. The molecule has 0 saturated carbocycles. The van der Waals surface area contributed by atoms with Crippen LogP contribution in [0.25, 0.3) is 0 Å². The second-order valence-corrected chi connectivity index (χ2v) is 5.01. The number of methoxy groups -OCH3 is 1. The van der Waals surface area contributed by atoms with E-state index in [1.807, 2.05) is 0 Å². The number of carbonyl (C=O) groups is 2. The van der Waals surface area contributed by atoms with Gasteiger partial charge in [0.05, 0.1) is 22.2 Å². The lowest BCUT2D eigenvalue weighted by molar-refractivity contribution is -0.145. The Labute approximate surface area is 131 Å². The van der Waals surface area contributed by atoms with Crippen molar-refractivity contribution in [1.29, 1.82) is 0 Å². The van der Waals surface area contributed by atoms with Crippen molar-refractivity contribution in [3.8, 4) is 5.75 Å². The van der Waals surface area contributed by atoms with Crippen LogP contribution in [0, 0.1) is 0 Å². The fraction of sp³-hybridized carbons (Fsp3) is 0.333. The van der Waals surface area contributed by atoms with E-state index in [1.54, 1.807) is 0 Å². The molecule has 1 atom stereocenters. The molecule has 1 unspecified atom stereocenters. The Morgan fingerprint density at radius 3 is 2.35 bits per heavy atom. The van der Waals surface area contributed by atoms with E-state index < -0.39 is 12.0 Å². The Kier molecular flexibility index (Phi) is 6.39. The van der Waals surface area contributed by atoms with Crippen LogP contribution in [0.3, 0.4) is 0 Å². The SMILES string of the molecule is COC(=O)C(COc1cc(Cl)c(Cl)cc1Cl)NC(C)=O. The summed E-state index contributed by atoms with van der Waals surface area (Å²) in [4.78, 5) is 22.5. The van der Waals surface area contributed by atoms with Crippen molar-refractivity contribution in [2.45, 2.75) is 13.0 Å². The average molecular weight is 341 g/mol. The van der Waals surface area contributed by atoms with Crippen LogP contribution in [0.5, 0.6) is 5.75 Å². The van der Waals surface area contributed by atoms with Gasteiger partial charge in [-0.1, -0.05) is 34.8 Å². The molecule has 0 aliphatic carbocycles. The van der Waals surface area contributed by atoms with Crippen molar-refractivity contribution in [2.75, 3.05) is 13.7 Å². The fourth-order valence-electron chi connectivity index (χ4n) is 1.34. The van der Waals surface area contributed by atoms with Gasteiger partial charge in [-0.25, -0.2) is 4.79 Å². The number of esters is 1. The molecular weight excluding hydrogens is 328 g/mol. The van der Waals surface area contributed by atoms with Crippen LogP contribution < -0.4 is 10.1 Å². The van der Waals surface area contributed by atoms with Crippen molar-refractivity contribution in [3.05, 3.63) is 27.2 Å². The molecule has 0 saturated heterocycles. The summed E-state index contributed by atoms with van der Waals surface area (Å²) in [5.74, 6) is -0.763. The van der Waals surface area contributed by atoms with E-state index in [4.69, 9.17) is 39.5 Å². The van der Waals surface area contributed by atoms with Gasteiger partial charge in [0.1, 0.15) is 12.4 Å². The summed E-state index contributed by atoms with van der Waals surface area (Å²) in [6, 6.07) is 1.91. The second-order valence-electron chi connectivity index (χ2n) is 3.78. The van der Waals surface area contributed by atoms with Gasteiger partial charge in [0, 0.05) is 13.0 Å². The molecule has 8 heteroatoms. The van der Waals surface area contributed by atoms with E-state index in [9.17, 15) is 9.59 Å². The van der Waals surface area contributed by atoms with Gasteiger partial charge >= 0.3 is 5.97 Å². The largest absolute Gasteiger partial charge is 0.489 e. The van der Waals surface area contributed by atoms with Gasteiger partial charge in [-0.15, -0.1) is 0 Å². The number of carbonyl (C=O) groups excluding carboxylic acids is 2. The number of amides is 1. The van der Waals surface area contributed by atoms with Crippen molar-refractivity contribution in [2.24, 2.45) is 0 Å². The zero-order valence-electron chi connectivity index (χ0n) is 10.7. The minimum absolute atomic E-state index is 0.149. The van der Waals surface area contributed by atoms with Gasteiger partial charge in [-0.2, -0.15) is 0 Å². The predicted molar refractivity (Wildman–Crippen MR) is 76.6 cm³/mol. The van der Waals surface area contributed by atoms with Gasteiger partial charge in [0.2, 0.25) is 5.91 Å². The Hall–Kier alpha value is -1.17. The number of benzene rings is 1. The number of hydrogen-bond donors (Lipinski definition) is 1. The van der Waals surface area contributed by atoms with Crippen LogP contribution in [0.4, 0.5) is 0 Å². The molecule has 0 heterocycles. The number of hydrogen-bond acceptors (Lipinski definition) is 4. The molecule has 1 aromatic rings. The topological polar surface area (TPSA) is 64.6 Å². The summed E-state index contributed by atoms with van der Waals surface area (Å²) in [6.45, 7) is 1.13. The fourth-order valence-corrected chi connectivity index (χ4v) is 1.94. The van der Waals surface area contributed by atoms with E-state index in [2.05, 4.69) is 10.1 Å². The first-order valence-electron chi connectivity index (χ1n) is 5.47. The molecule has 20 heavy (non-hydrogen) atoms. The molecule has 1 N–H and O–H groups in total. The number of rotatable bonds is 5. The molecule has 1 amide bonds. The third kappa shape index (κ3) is 4.74. The minimum atomic E-state index is -0.942. The van der Waals surface area contributed by atoms with E-state index in [-0.39, 0.29) is 33.3 Å². The average Bonchev–Trinajstić information content (AvgIpc) is 2.38. The maximum Gasteiger partial charge on any atom is 0.331 e. The van der Waals surface area contributed by atoms with Crippen molar-refractivity contribution < 1.29 is 19.1 Å². The highest BCUT2D eigenvalue weighted by atomic mass is 35.5. The molecule has 0 aromatic heterocycles. The maximum atomic E-state index is 11.5. The Morgan fingerprint density at radius 1 is 1.20 bits per heavy atom. The van der Waals surface area contributed by atoms with E-state index >= 15 is 0 Å². The highest BCUT2D eigenvalue weighted by molar-refractivity contribution is 6.43. The highest BCUT2D eigenvalue weighted by Crippen LogP contribution is 2.33. The van der Waals surface area contributed by atoms with Crippen molar-refractivity contribution >= 4 is 46.7 Å². The van der Waals surface area contributed by atoms with Gasteiger partial charge in [-0.3, -0.25) is 4.79 Å². The summed E-state index contributed by atoms with van der Waals surface area (Å²) in [6.07, 6.45) is 0. The monoisotopic (exact) mass is 339 g/mol. The molecular formula is C12H12Cl3NO4. The predicted octanol–water partition coefficient (Wildman–Crippen LogP) is 2.70. The normalized spacial score (nSPS) is 11.7. The molecule has 0 radical (unpaired) electrons. The van der Waals surface area contributed by atoms with Crippen LogP contribution in [0.15, 0.2) is 12.1 Å². The first kappa shape index (κ1) is 16.9. The standard InChI is InChI=1S/C12H12Cl3NO4/c1-6(17)16-10(12(18)19-2)5-20-11-4-8(14)7(13)3-9(11)15/h3-4,10H,5H2,1-2H3,(H,16,17). The van der Waals surface area contributed by atoms with Crippen LogP contribution in [-0.2, 0) is 14.3 Å². The maximum absolute atomic E-state index is 11.5. The van der Waals surface area contributed by atoms with Crippen LogP contribution in [-0.4, -0.2) is 31.6 Å². The van der Waals surface area contributed by atoms with Gasteiger partial charge < -0.3 is 14.8 Å². The summed E-state index contributed by atoms with van der Waals surface area (Å²) in [5.41, 5.74) is 0. The Morgan fingerprint density at radius 2 is 1.80 bits per heavy atom. The molecule has 0 aliphatic rings. The van der Waals surface area contributed by atoms with Gasteiger partial charge in [0.15, 0.2) is 6.04 Å². The lowest BCUT2D eigenvalue weighted by atomic mass is 10.3. The first-order chi connectivity index (χ1) is 9.35. The Balaban J connectivity index is 2.79. The molecule has 110 valence electrons. The second kappa shape index (κ2) is 7.57. The van der Waals surface area contributed by atoms with E-state index in [1.165, 1.54) is 26.2 Å². The van der Waals surface area contributed by atoms with Gasteiger partial charge in [0.25, 0.3) is 0 Å². The molecule has 1 aromatic carbocycles. The van der Waals surface area contributed by atoms with Crippen molar-refractivity contribution in [1.82, 2.24) is 5.32 Å².